The maximum Gasteiger partial charge on any atom is 0.230 e. The van der Waals surface area contributed by atoms with Gasteiger partial charge in [0.15, 0.2) is 0 Å². The highest BCUT2D eigenvalue weighted by Gasteiger charge is 2.20. The molecule has 1 aliphatic rings. The van der Waals surface area contributed by atoms with E-state index in [0.717, 1.165) is 12.5 Å². The number of hydrogen-bond donors (Lipinski definition) is 0. The van der Waals surface area contributed by atoms with E-state index in [1.807, 2.05) is 10.8 Å². The summed E-state index contributed by atoms with van der Waals surface area (Å²) in [6, 6.07) is 0. The first-order valence-electron chi connectivity index (χ1n) is 3.57. The molecule has 1 aliphatic heterocycles. The maximum atomic E-state index is 11.1. The van der Waals surface area contributed by atoms with Gasteiger partial charge in [0.25, 0.3) is 0 Å². The molecule has 58 valence electrons. The molecule has 0 atom stereocenters. The summed E-state index contributed by atoms with van der Waals surface area (Å²) in [5, 5.41) is 0. The average molecular weight is 151 g/mol. The lowest BCUT2D eigenvalue weighted by Gasteiger charge is -2.22. The van der Waals surface area contributed by atoms with Crippen LogP contribution in [0.4, 0.5) is 5.95 Å². The fourth-order valence-corrected chi connectivity index (χ4v) is 1.27. The van der Waals surface area contributed by atoms with Crippen LogP contribution in [0, 0.1) is 0 Å². The summed E-state index contributed by atoms with van der Waals surface area (Å²) < 4.78 is 1.97. The molecule has 0 aliphatic carbocycles. The zero-order valence-corrected chi connectivity index (χ0v) is 6.32. The second-order valence-electron chi connectivity index (χ2n) is 2.62. The van der Waals surface area contributed by atoms with Crippen LogP contribution in [-0.2, 0) is 11.3 Å². The zero-order chi connectivity index (χ0) is 7.84. The van der Waals surface area contributed by atoms with Crippen molar-refractivity contribution in [3.05, 3.63) is 12.4 Å². The third-order valence-electron chi connectivity index (χ3n) is 1.93. The molecule has 1 amide bonds. The zero-order valence-electron chi connectivity index (χ0n) is 6.32. The Balaban J connectivity index is 2.45. The molecule has 2 heterocycles. The van der Waals surface area contributed by atoms with E-state index in [9.17, 15) is 4.79 Å². The Morgan fingerprint density at radius 2 is 2.45 bits per heavy atom. The van der Waals surface area contributed by atoms with Crippen molar-refractivity contribution in [3.63, 3.8) is 0 Å². The first-order valence-corrected chi connectivity index (χ1v) is 3.57. The number of fused-ring (bicyclic) bond motifs is 1. The molecule has 0 unspecified atom stereocenters. The van der Waals surface area contributed by atoms with Crippen LogP contribution < -0.4 is 4.90 Å². The smallest absolute Gasteiger partial charge is 0.230 e. The monoisotopic (exact) mass is 151 g/mol. The van der Waals surface area contributed by atoms with E-state index in [1.54, 1.807) is 18.1 Å². The molecule has 0 N–H and O–H groups in total. The molecule has 0 bridgehead atoms. The van der Waals surface area contributed by atoms with Crippen molar-refractivity contribution in [1.82, 2.24) is 9.55 Å². The molecular weight excluding hydrogens is 142 g/mol. The van der Waals surface area contributed by atoms with E-state index in [4.69, 9.17) is 0 Å². The molecule has 0 radical (unpaired) electrons. The number of amides is 1. The van der Waals surface area contributed by atoms with Crippen LogP contribution in [0.5, 0.6) is 0 Å². The second-order valence-corrected chi connectivity index (χ2v) is 2.62. The lowest BCUT2D eigenvalue weighted by molar-refractivity contribution is -0.119. The minimum Gasteiger partial charge on any atom is -0.316 e. The minimum atomic E-state index is 0.142. The highest BCUT2D eigenvalue weighted by molar-refractivity contribution is 5.92. The van der Waals surface area contributed by atoms with Gasteiger partial charge in [-0.05, 0) is 0 Å². The number of aryl methyl sites for hydroxylation is 1. The minimum absolute atomic E-state index is 0.142. The lowest BCUT2D eigenvalue weighted by Crippen LogP contribution is -2.33. The quantitative estimate of drug-likeness (QED) is 0.533. The second kappa shape index (κ2) is 2.08. The largest absolute Gasteiger partial charge is 0.316 e. The molecule has 0 saturated carbocycles. The van der Waals surface area contributed by atoms with Gasteiger partial charge in [0, 0.05) is 32.4 Å². The molecule has 11 heavy (non-hydrogen) atoms. The molecule has 0 aromatic carbocycles. The van der Waals surface area contributed by atoms with Gasteiger partial charge < -0.3 is 4.57 Å². The Morgan fingerprint density at radius 3 is 3.27 bits per heavy atom. The van der Waals surface area contributed by atoms with Crippen molar-refractivity contribution in [2.75, 3.05) is 11.9 Å². The third kappa shape index (κ3) is 0.824. The van der Waals surface area contributed by atoms with Gasteiger partial charge >= 0.3 is 0 Å². The average Bonchev–Trinajstić information content (AvgIpc) is 2.45. The number of carbonyl (C=O) groups excluding carboxylic acids is 1. The topological polar surface area (TPSA) is 38.1 Å². The fourth-order valence-electron chi connectivity index (χ4n) is 1.27. The van der Waals surface area contributed by atoms with Crippen LogP contribution in [0.2, 0.25) is 0 Å². The van der Waals surface area contributed by atoms with Crippen LogP contribution in [0.3, 0.4) is 0 Å². The number of nitrogens with zero attached hydrogens (tertiary/aromatic N) is 3. The summed E-state index contributed by atoms with van der Waals surface area (Å²) in [6.45, 7) is 0.762. The maximum absolute atomic E-state index is 11.1. The van der Waals surface area contributed by atoms with Gasteiger partial charge in [0.2, 0.25) is 11.9 Å². The molecule has 1 aromatic heterocycles. The Kier molecular flexibility index (Phi) is 1.21. The number of imidazole rings is 1. The van der Waals surface area contributed by atoms with Crippen LogP contribution in [0.25, 0.3) is 0 Å². The van der Waals surface area contributed by atoms with Gasteiger partial charge in [-0.15, -0.1) is 0 Å². The molecule has 0 saturated heterocycles. The van der Waals surface area contributed by atoms with E-state index in [1.165, 1.54) is 0 Å². The molecule has 2 rings (SSSR count). The first-order chi connectivity index (χ1) is 5.29. The summed E-state index contributed by atoms with van der Waals surface area (Å²) in [7, 11) is 1.75. The normalized spacial score (nSPS) is 16.8. The molecule has 0 spiro atoms. The number of aromatic nitrogens is 2. The SMILES string of the molecule is CN1C(=O)CCn2ccnc21. The number of carbonyl (C=O) groups is 1. The summed E-state index contributed by atoms with van der Waals surface area (Å²) in [5.41, 5.74) is 0. The number of anilines is 1. The Labute approximate surface area is 64.4 Å². The van der Waals surface area contributed by atoms with E-state index < -0.39 is 0 Å². The summed E-state index contributed by atoms with van der Waals surface area (Å²) in [4.78, 5) is 16.8. The predicted molar refractivity (Wildman–Crippen MR) is 40.3 cm³/mol. The highest BCUT2D eigenvalue weighted by Crippen LogP contribution is 2.16. The number of hydrogen-bond acceptors (Lipinski definition) is 2. The fraction of sp³-hybridized carbons (Fsp3) is 0.429. The standard InChI is InChI=1S/C7H9N3O/c1-9-6(11)2-4-10-5-3-8-7(9)10/h3,5H,2,4H2,1H3. The van der Waals surface area contributed by atoms with Gasteiger partial charge in [-0.25, -0.2) is 4.98 Å². The van der Waals surface area contributed by atoms with Crippen molar-refractivity contribution in [2.45, 2.75) is 13.0 Å². The van der Waals surface area contributed by atoms with Crippen molar-refractivity contribution >= 4 is 11.9 Å². The summed E-state index contributed by atoms with van der Waals surface area (Å²) in [5.74, 6) is 0.893. The van der Waals surface area contributed by atoms with Crippen LogP contribution in [0.1, 0.15) is 6.42 Å². The van der Waals surface area contributed by atoms with Crippen molar-refractivity contribution in [2.24, 2.45) is 0 Å². The number of rotatable bonds is 0. The molecule has 0 fully saturated rings. The Morgan fingerprint density at radius 1 is 1.64 bits per heavy atom. The molecular formula is C7H9N3O. The lowest BCUT2D eigenvalue weighted by atomic mass is 10.3. The van der Waals surface area contributed by atoms with Crippen LogP contribution >= 0.6 is 0 Å². The van der Waals surface area contributed by atoms with Crippen molar-refractivity contribution < 1.29 is 4.79 Å². The molecule has 4 heteroatoms. The van der Waals surface area contributed by atoms with E-state index in [2.05, 4.69) is 4.98 Å². The van der Waals surface area contributed by atoms with E-state index >= 15 is 0 Å². The van der Waals surface area contributed by atoms with Crippen molar-refractivity contribution in [3.8, 4) is 0 Å². The van der Waals surface area contributed by atoms with E-state index in [-0.39, 0.29) is 5.91 Å². The molecule has 1 aromatic rings. The van der Waals surface area contributed by atoms with Gasteiger partial charge in [-0.3, -0.25) is 9.69 Å². The van der Waals surface area contributed by atoms with Crippen LogP contribution in [0.15, 0.2) is 12.4 Å². The summed E-state index contributed by atoms with van der Waals surface area (Å²) >= 11 is 0. The first kappa shape index (κ1) is 6.39. The molecule has 4 nitrogen and oxygen atoms in total. The predicted octanol–water partition coefficient (Wildman–Crippen LogP) is 0.250. The van der Waals surface area contributed by atoms with Crippen LogP contribution in [-0.4, -0.2) is 22.5 Å². The van der Waals surface area contributed by atoms with Gasteiger partial charge in [-0.2, -0.15) is 0 Å². The highest BCUT2D eigenvalue weighted by atomic mass is 16.2. The van der Waals surface area contributed by atoms with E-state index in [0.29, 0.717) is 6.42 Å². The van der Waals surface area contributed by atoms with Gasteiger partial charge in [-0.1, -0.05) is 0 Å². The Hall–Kier alpha value is -1.32. The van der Waals surface area contributed by atoms with Gasteiger partial charge in [0.1, 0.15) is 0 Å². The van der Waals surface area contributed by atoms with Crippen molar-refractivity contribution in [1.29, 1.82) is 0 Å². The third-order valence-corrected chi connectivity index (χ3v) is 1.93. The Bertz CT molecular complexity index is 292. The summed E-state index contributed by atoms with van der Waals surface area (Å²) in [6.07, 6.45) is 4.18. The van der Waals surface area contributed by atoms with Gasteiger partial charge in [0.05, 0.1) is 0 Å².